The van der Waals surface area contributed by atoms with E-state index in [4.69, 9.17) is 9.47 Å². The molecule has 168 valence electrons. The topological polar surface area (TPSA) is 93.7 Å². The number of amides is 1. The Bertz CT molecular complexity index is 1180. The number of nitrogens with one attached hydrogen (secondary N) is 2. The van der Waals surface area contributed by atoms with E-state index in [0.29, 0.717) is 22.7 Å². The van der Waals surface area contributed by atoms with Gasteiger partial charge in [-0.3, -0.25) is 9.52 Å². The lowest BCUT2D eigenvalue weighted by atomic mass is 10.1. The molecule has 0 saturated heterocycles. The van der Waals surface area contributed by atoms with Crippen molar-refractivity contribution < 1.29 is 22.7 Å². The third kappa shape index (κ3) is 5.79. The normalized spacial score (nSPS) is 12.0. The van der Waals surface area contributed by atoms with Gasteiger partial charge in [0.05, 0.1) is 18.0 Å². The maximum Gasteiger partial charge on any atom is 0.261 e. The smallest absolute Gasteiger partial charge is 0.261 e. The molecule has 0 bridgehead atoms. The maximum atomic E-state index is 12.6. The molecule has 0 aliphatic heterocycles. The predicted octanol–water partition coefficient (Wildman–Crippen LogP) is 4.06. The van der Waals surface area contributed by atoms with Gasteiger partial charge in [-0.25, -0.2) is 8.42 Å². The number of hydrogen-bond donors (Lipinski definition) is 2. The number of methoxy groups -OCH3 is 1. The Morgan fingerprint density at radius 2 is 1.66 bits per heavy atom. The number of benzene rings is 3. The second kappa shape index (κ2) is 10.2. The molecule has 7 nitrogen and oxygen atoms in total. The third-order valence-electron chi connectivity index (χ3n) is 4.82. The van der Waals surface area contributed by atoms with Crippen LogP contribution >= 0.6 is 0 Å². The Hall–Kier alpha value is -3.52. The monoisotopic (exact) mass is 454 g/mol. The summed E-state index contributed by atoms with van der Waals surface area (Å²) in [4.78, 5) is 12.5. The van der Waals surface area contributed by atoms with Crippen molar-refractivity contribution in [3.8, 4) is 11.5 Å². The minimum Gasteiger partial charge on any atom is -0.496 e. The summed E-state index contributed by atoms with van der Waals surface area (Å²) in [5, 5.41) is 2.87. The summed E-state index contributed by atoms with van der Waals surface area (Å²) in [5.41, 5.74) is 1.94. The molecule has 3 rings (SSSR count). The Labute approximate surface area is 188 Å². The minimum atomic E-state index is -3.73. The van der Waals surface area contributed by atoms with Crippen LogP contribution in [0, 0.1) is 6.92 Å². The van der Waals surface area contributed by atoms with Crippen LogP contribution in [-0.2, 0) is 14.8 Å². The molecule has 0 saturated carbocycles. The van der Waals surface area contributed by atoms with Gasteiger partial charge in [0, 0.05) is 11.3 Å². The molecular formula is C24H26N2O5S. The molecule has 0 radical (unpaired) electrons. The van der Waals surface area contributed by atoms with E-state index in [0.717, 1.165) is 5.56 Å². The van der Waals surface area contributed by atoms with Crippen molar-refractivity contribution in [3.05, 3.63) is 83.9 Å². The molecule has 0 aliphatic rings. The number of para-hydroxylation sites is 2. The summed E-state index contributed by atoms with van der Waals surface area (Å²) in [6.45, 7) is 3.39. The highest BCUT2D eigenvalue weighted by Crippen LogP contribution is 2.25. The SMILES string of the molecule is COc1ccccc1[C@@H](C)NC(=O)COc1ccc(S(=O)(=O)Nc2ccccc2)cc1C. The number of carbonyl (C=O) groups excluding carboxylic acids is 1. The van der Waals surface area contributed by atoms with Gasteiger partial charge in [-0.05, 0) is 55.8 Å². The van der Waals surface area contributed by atoms with Gasteiger partial charge in [0.1, 0.15) is 11.5 Å². The van der Waals surface area contributed by atoms with E-state index < -0.39 is 10.0 Å². The van der Waals surface area contributed by atoms with Crippen molar-refractivity contribution in [2.75, 3.05) is 18.4 Å². The summed E-state index contributed by atoms with van der Waals surface area (Å²) in [7, 11) is -2.15. The highest BCUT2D eigenvalue weighted by molar-refractivity contribution is 7.92. The van der Waals surface area contributed by atoms with Crippen LogP contribution in [0.5, 0.6) is 11.5 Å². The van der Waals surface area contributed by atoms with Gasteiger partial charge in [0.15, 0.2) is 6.61 Å². The van der Waals surface area contributed by atoms with Crippen molar-refractivity contribution >= 4 is 21.6 Å². The van der Waals surface area contributed by atoms with Gasteiger partial charge in [0.25, 0.3) is 15.9 Å². The average Bonchev–Trinajstić information content (AvgIpc) is 2.78. The van der Waals surface area contributed by atoms with Crippen LogP contribution in [0.3, 0.4) is 0 Å². The van der Waals surface area contributed by atoms with E-state index in [2.05, 4.69) is 10.0 Å². The lowest BCUT2D eigenvalue weighted by molar-refractivity contribution is -0.123. The fourth-order valence-corrected chi connectivity index (χ4v) is 4.34. The predicted molar refractivity (Wildman–Crippen MR) is 123 cm³/mol. The quantitative estimate of drug-likeness (QED) is 0.509. The van der Waals surface area contributed by atoms with Crippen LogP contribution in [0.2, 0.25) is 0 Å². The van der Waals surface area contributed by atoms with Crippen molar-refractivity contribution in [1.82, 2.24) is 5.32 Å². The van der Waals surface area contributed by atoms with E-state index >= 15 is 0 Å². The number of rotatable bonds is 9. The van der Waals surface area contributed by atoms with Crippen molar-refractivity contribution in [1.29, 1.82) is 0 Å². The van der Waals surface area contributed by atoms with Gasteiger partial charge in [0.2, 0.25) is 0 Å². The molecular weight excluding hydrogens is 428 g/mol. The number of sulfonamides is 1. The molecule has 1 amide bonds. The highest BCUT2D eigenvalue weighted by atomic mass is 32.2. The van der Waals surface area contributed by atoms with Crippen molar-refractivity contribution in [2.24, 2.45) is 0 Å². The second-order valence-corrected chi connectivity index (χ2v) is 8.90. The Morgan fingerprint density at radius 1 is 0.969 bits per heavy atom. The van der Waals surface area contributed by atoms with Crippen LogP contribution in [0.1, 0.15) is 24.1 Å². The average molecular weight is 455 g/mol. The molecule has 8 heteroatoms. The molecule has 0 unspecified atom stereocenters. The van der Waals surface area contributed by atoms with Crippen LogP contribution in [-0.4, -0.2) is 28.0 Å². The summed E-state index contributed by atoms with van der Waals surface area (Å²) >= 11 is 0. The number of hydrogen-bond acceptors (Lipinski definition) is 5. The lowest BCUT2D eigenvalue weighted by Gasteiger charge is -2.18. The second-order valence-electron chi connectivity index (χ2n) is 7.22. The molecule has 0 aromatic heterocycles. The molecule has 0 aliphatic carbocycles. The van der Waals surface area contributed by atoms with Crippen LogP contribution in [0.15, 0.2) is 77.7 Å². The zero-order valence-electron chi connectivity index (χ0n) is 18.2. The summed E-state index contributed by atoms with van der Waals surface area (Å²) < 4.78 is 38.7. The van der Waals surface area contributed by atoms with Crippen molar-refractivity contribution in [3.63, 3.8) is 0 Å². The minimum absolute atomic E-state index is 0.112. The first-order chi connectivity index (χ1) is 15.3. The molecule has 0 fully saturated rings. The fourth-order valence-electron chi connectivity index (χ4n) is 3.20. The first-order valence-corrected chi connectivity index (χ1v) is 11.5. The number of ether oxygens (including phenoxy) is 2. The lowest BCUT2D eigenvalue weighted by Crippen LogP contribution is -2.31. The van der Waals surface area contributed by atoms with Gasteiger partial charge in [-0.1, -0.05) is 36.4 Å². The van der Waals surface area contributed by atoms with E-state index in [1.54, 1.807) is 50.4 Å². The van der Waals surface area contributed by atoms with E-state index in [-0.39, 0.29) is 23.5 Å². The summed E-state index contributed by atoms with van der Waals surface area (Å²) in [5.74, 6) is 0.826. The molecule has 3 aromatic rings. The standard InChI is InChI=1S/C24H26N2O5S/c1-17-15-20(32(28,29)26-19-9-5-4-6-10-19)13-14-22(17)31-16-24(27)25-18(2)21-11-7-8-12-23(21)30-3/h4-15,18,26H,16H2,1-3H3,(H,25,27)/t18-/m1/s1. The molecule has 0 heterocycles. The molecule has 1 atom stereocenters. The van der Waals surface area contributed by atoms with E-state index in [1.807, 2.05) is 31.2 Å². The fraction of sp³-hybridized carbons (Fsp3) is 0.208. The highest BCUT2D eigenvalue weighted by Gasteiger charge is 2.17. The molecule has 0 spiro atoms. The van der Waals surface area contributed by atoms with Crippen LogP contribution in [0.25, 0.3) is 0 Å². The largest absolute Gasteiger partial charge is 0.496 e. The molecule has 2 N–H and O–H groups in total. The number of anilines is 1. The Balaban J connectivity index is 1.61. The van der Waals surface area contributed by atoms with Crippen molar-refractivity contribution in [2.45, 2.75) is 24.8 Å². The summed E-state index contributed by atoms with van der Waals surface area (Å²) in [6, 6.07) is 20.4. The van der Waals surface area contributed by atoms with E-state index in [9.17, 15) is 13.2 Å². The zero-order chi connectivity index (χ0) is 23.1. The molecule has 3 aromatic carbocycles. The van der Waals surface area contributed by atoms with Crippen LogP contribution in [0.4, 0.5) is 5.69 Å². The van der Waals surface area contributed by atoms with E-state index in [1.165, 1.54) is 12.1 Å². The Kier molecular flexibility index (Phi) is 7.37. The maximum absolute atomic E-state index is 12.6. The Morgan fingerprint density at radius 3 is 2.34 bits per heavy atom. The first-order valence-electron chi connectivity index (χ1n) is 10.0. The first kappa shape index (κ1) is 23.1. The van der Waals surface area contributed by atoms with Gasteiger partial charge in [-0.15, -0.1) is 0 Å². The zero-order valence-corrected chi connectivity index (χ0v) is 19.0. The summed E-state index contributed by atoms with van der Waals surface area (Å²) in [6.07, 6.45) is 0. The van der Waals surface area contributed by atoms with Gasteiger partial charge < -0.3 is 14.8 Å². The third-order valence-corrected chi connectivity index (χ3v) is 6.20. The number of aryl methyl sites for hydroxylation is 1. The number of carbonyl (C=O) groups is 1. The van der Waals surface area contributed by atoms with Gasteiger partial charge in [-0.2, -0.15) is 0 Å². The van der Waals surface area contributed by atoms with Crippen LogP contribution < -0.4 is 19.5 Å². The molecule has 32 heavy (non-hydrogen) atoms. The van der Waals surface area contributed by atoms with Gasteiger partial charge >= 0.3 is 0 Å².